The minimum atomic E-state index is -0.529. The van der Waals surface area contributed by atoms with Gasteiger partial charge in [-0.1, -0.05) is 309 Å². The Morgan fingerprint density at radius 2 is 0.574 bits per heavy atom. The molecule has 0 bridgehead atoms. The van der Waals surface area contributed by atoms with E-state index in [1.165, 1.54) is 289 Å². The molecule has 0 amide bonds. The number of unbranched alkanes of at least 4 members (excludes halogenated alkanes) is 46. The second-order valence-electron chi connectivity index (χ2n) is 21.3. The lowest BCUT2D eigenvalue weighted by Gasteiger charge is -2.18. The van der Waals surface area contributed by atoms with Crippen molar-refractivity contribution in [2.75, 3.05) is 19.8 Å². The van der Waals surface area contributed by atoms with Gasteiger partial charge in [-0.15, -0.1) is 0 Å². The Labute approximate surface area is 426 Å². The van der Waals surface area contributed by atoms with Gasteiger partial charge in [0, 0.05) is 19.4 Å². The molecule has 1 atom stereocenters. The third kappa shape index (κ3) is 57.2. The Balaban J connectivity index is 4.20. The van der Waals surface area contributed by atoms with E-state index in [1.807, 2.05) is 0 Å². The molecule has 404 valence electrons. The average Bonchev–Trinajstić information content (AvgIpc) is 3.34. The van der Waals surface area contributed by atoms with Crippen molar-refractivity contribution in [1.82, 2.24) is 0 Å². The van der Waals surface area contributed by atoms with Gasteiger partial charge in [-0.2, -0.15) is 0 Å². The molecule has 0 fully saturated rings. The summed E-state index contributed by atoms with van der Waals surface area (Å²) in [5.41, 5.74) is 0. The molecule has 0 saturated carbocycles. The van der Waals surface area contributed by atoms with Crippen LogP contribution in [0.1, 0.15) is 355 Å². The van der Waals surface area contributed by atoms with Crippen LogP contribution in [-0.4, -0.2) is 37.9 Å². The Morgan fingerprint density at radius 3 is 0.897 bits per heavy atom. The van der Waals surface area contributed by atoms with Gasteiger partial charge in [-0.3, -0.25) is 9.59 Å². The van der Waals surface area contributed by atoms with E-state index in [0.717, 1.165) is 32.1 Å². The van der Waals surface area contributed by atoms with E-state index < -0.39 is 6.10 Å². The number of carbonyl (C=O) groups excluding carboxylic acids is 2. The topological polar surface area (TPSA) is 61.8 Å². The highest BCUT2D eigenvalue weighted by Gasteiger charge is 2.18. The van der Waals surface area contributed by atoms with Crippen molar-refractivity contribution in [3.05, 3.63) is 12.2 Å². The van der Waals surface area contributed by atoms with Crippen LogP contribution < -0.4 is 0 Å². The van der Waals surface area contributed by atoms with Crippen molar-refractivity contribution in [3.63, 3.8) is 0 Å². The van der Waals surface area contributed by atoms with Gasteiger partial charge in [-0.25, -0.2) is 0 Å². The normalized spacial score (nSPS) is 12.1. The molecule has 0 aliphatic heterocycles. The van der Waals surface area contributed by atoms with Crippen molar-refractivity contribution < 1.29 is 23.8 Å². The molecule has 0 aromatic rings. The van der Waals surface area contributed by atoms with Crippen molar-refractivity contribution >= 4 is 11.9 Å². The van der Waals surface area contributed by atoms with Crippen molar-refractivity contribution in [2.24, 2.45) is 0 Å². The fourth-order valence-corrected chi connectivity index (χ4v) is 9.63. The summed E-state index contributed by atoms with van der Waals surface area (Å²) in [6.45, 7) is 7.91. The third-order valence-electron chi connectivity index (χ3n) is 14.3. The van der Waals surface area contributed by atoms with Crippen LogP contribution in [0.15, 0.2) is 12.2 Å². The smallest absolute Gasteiger partial charge is 0.306 e. The van der Waals surface area contributed by atoms with E-state index in [1.54, 1.807) is 0 Å². The Morgan fingerprint density at radius 1 is 0.309 bits per heavy atom. The van der Waals surface area contributed by atoms with Crippen molar-refractivity contribution in [3.8, 4) is 0 Å². The third-order valence-corrected chi connectivity index (χ3v) is 14.3. The zero-order valence-corrected chi connectivity index (χ0v) is 46.7. The molecular weight excluding hydrogens is 837 g/mol. The van der Waals surface area contributed by atoms with Crippen LogP contribution in [0.25, 0.3) is 0 Å². The lowest BCUT2D eigenvalue weighted by atomic mass is 10.0. The second-order valence-corrected chi connectivity index (χ2v) is 21.3. The molecule has 0 aromatic carbocycles. The molecule has 0 heterocycles. The number of esters is 2. The van der Waals surface area contributed by atoms with Crippen molar-refractivity contribution in [2.45, 2.75) is 361 Å². The summed E-state index contributed by atoms with van der Waals surface area (Å²) in [6, 6.07) is 0. The predicted molar refractivity (Wildman–Crippen MR) is 298 cm³/mol. The maximum absolute atomic E-state index is 12.9. The Hall–Kier alpha value is -1.36. The summed E-state index contributed by atoms with van der Waals surface area (Å²) >= 11 is 0. The largest absolute Gasteiger partial charge is 0.462 e. The molecule has 5 nitrogen and oxygen atoms in total. The number of ether oxygens (including phenoxy) is 3. The van der Waals surface area contributed by atoms with Gasteiger partial charge < -0.3 is 14.2 Å². The summed E-state index contributed by atoms with van der Waals surface area (Å²) in [7, 11) is 0. The molecule has 0 aromatic heterocycles. The van der Waals surface area contributed by atoms with Gasteiger partial charge in [0.2, 0.25) is 0 Å². The summed E-state index contributed by atoms with van der Waals surface area (Å²) in [5, 5.41) is 0. The summed E-state index contributed by atoms with van der Waals surface area (Å²) in [4.78, 5) is 25.6. The first-order valence-corrected chi connectivity index (χ1v) is 31.2. The Bertz CT molecular complexity index is 994. The van der Waals surface area contributed by atoms with E-state index in [9.17, 15) is 9.59 Å². The second kappa shape index (κ2) is 59.9. The zero-order chi connectivity index (χ0) is 49.2. The molecule has 68 heavy (non-hydrogen) atoms. The predicted octanol–water partition coefficient (Wildman–Crippen LogP) is 21.4. The first-order chi connectivity index (χ1) is 33.6. The first-order valence-electron chi connectivity index (χ1n) is 31.2. The van der Waals surface area contributed by atoms with E-state index >= 15 is 0 Å². The van der Waals surface area contributed by atoms with Gasteiger partial charge in [0.1, 0.15) is 6.61 Å². The highest BCUT2D eigenvalue weighted by atomic mass is 16.6. The monoisotopic (exact) mass is 959 g/mol. The van der Waals surface area contributed by atoms with E-state index in [4.69, 9.17) is 14.2 Å². The molecule has 5 heteroatoms. The van der Waals surface area contributed by atoms with Gasteiger partial charge in [0.15, 0.2) is 6.10 Å². The van der Waals surface area contributed by atoms with Gasteiger partial charge in [0.05, 0.1) is 6.61 Å². The maximum Gasteiger partial charge on any atom is 0.306 e. The number of hydrogen-bond acceptors (Lipinski definition) is 5. The fraction of sp³-hybridized carbons (Fsp3) is 0.937. The van der Waals surface area contributed by atoms with Crippen LogP contribution in [0.2, 0.25) is 0 Å². The van der Waals surface area contributed by atoms with E-state index in [-0.39, 0.29) is 18.5 Å². The van der Waals surface area contributed by atoms with Gasteiger partial charge >= 0.3 is 11.9 Å². The highest BCUT2D eigenvalue weighted by Crippen LogP contribution is 2.18. The van der Waals surface area contributed by atoms with Crippen LogP contribution in [-0.2, 0) is 23.8 Å². The van der Waals surface area contributed by atoms with Crippen LogP contribution in [0.4, 0.5) is 0 Å². The van der Waals surface area contributed by atoms with Crippen LogP contribution in [0.5, 0.6) is 0 Å². The van der Waals surface area contributed by atoms with Crippen LogP contribution in [0.3, 0.4) is 0 Å². The minimum absolute atomic E-state index is 0.0947. The summed E-state index contributed by atoms with van der Waals surface area (Å²) < 4.78 is 17.5. The summed E-state index contributed by atoms with van der Waals surface area (Å²) in [5.74, 6) is -0.368. The zero-order valence-electron chi connectivity index (χ0n) is 46.7. The quantitative estimate of drug-likeness (QED) is 0.0345. The highest BCUT2D eigenvalue weighted by molar-refractivity contribution is 5.70. The average molecular weight is 960 g/mol. The molecule has 0 rings (SSSR count). The van der Waals surface area contributed by atoms with E-state index in [2.05, 4.69) is 32.9 Å². The van der Waals surface area contributed by atoms with Crippen LogP contribution >= 0.6 is 0 Å². The number of rotatable bonds is 59. The van der Waals surface area contributed by atoms with Gasteiger partial charge in [-0.05, 0) is 44.9 Å². The van der Waals surface area contributed by atoms with Gasteiger partial charge in [0.25, 0.3) is 0 Å². The minimum Gasteiger partial charge on any atom is -0.462 e. The van der Waals surface area contributed by atoms with Crippen LogP contribution in [0, 0.1) is 0 Å². The Kier molecular flexibility index (Phi) is 58.7. The number of allylic oxidation sites excluding steroid dienone is 2. The lowest BCUT2D eigenvalue weighted by molar-refractivity contribution is -0.163. The fourth-order valence-electron chi connectivity index (χ4n) is 9.63. The molecular formula is C63H122O5. The maximum atomic E-state index is 12.9. The number of hydrogen-bond donors (Lipinski definition) is 0. The summed E-state index contributed by atoms with van der Waals surface area (Å²) in [6.07, 6.45) is 71.0. The standard InChI is InChI=1S/C63H122O5/c1-4-7-10-13-16-19-22-25-28-31-34-37-40-43-46-49-52-55-58-66-59-61(68-63(65)57-54-51-48-45-42-39-36-33-30-27-24-21-18-15-12-9-6-3)60-67-62(64)56-53-50-47-44-41-38-35-32-29-26-23-20-17-14-11-8-5-2/h25,28,61H,4-24,26-27,29-60H2,1-3H3/b28-25-. The number of carbonyl (C=O) groups is 2. The van der Waals surface area contributed by atoms with E-state index in [0.29, 0.717) is 26.1 Å². The molecule has 0 aliphatic rings. The molecule has 0 aliphatic carbocycles. The molecule has 1 unspecified atom stereocenters. The molecule has 0 saturated heterocycles. The molecule has 0 spiro atoms. The molecule has 0 N–H and O–H groups in total. The lowest BCUT2D eigenvalue weighted by Crippen LogP contribution is -2.30. The molecule has 0 radical (unpaired) electrons. The first kappa shape index (κ1) is 66.6. The van der Waals surface area contributed by atoms with Crippen molar-refractivity contribution in [1.29, 1.82) is 0 Å². The SMILES string of the molecule is CCCCCCCC/C=C\CCCCCCCCCCOCC(COC(=O)CCCCCCCCCCCCCCCCCCC)OC(=O)CCCCCCCCCCCCCCCCCCC.